The van der Waals surface area contributed by atoms with Crippen LogP contribution in [0.2, 0.25) is 0 Å². The quantitative estimate of drug-likeness (QED) is 0.0705. The first-order valence-electron chi connectivity index (χ1n) is 10.7. The molecule has 0 heterocycles. The predicted octanol–water partition coefficient (Wildman–Crippen LogP) is -7.03. The number of phenols is 1. The summed E-state index contributed by atoms with van der Waals surface area (Å²) in [4.78, 5) is 8.22. The summed E-state index contributed by atoms with van der Waals surface area (Å²) in [5.41, 5.74) is 3.79. The maximum absolute atomic E-state index is 13.4. The van der Waals surface area contributed by atoms with Gasteiger partial charge in [0, 0.05) is 0 Å². The minimum absolute atomic E-state index is 0. The molecule has 4 aromatic rings. The standard InChI is InChI=1S/C23H17N3O12S3.3Na/c24-16-4-1-11-7-14(41(36,37)38)10-19(28)21(11)22(16)26-25-17-9-13(40(33,34)35)3-6-20(17)39(31,32)12-2-5-18(27)15(8-12)23(29)30;;;/h1-10,27-28H,24H2,(H,29,30)(H,33,34,35)(H,36,37,38);;;/q;3*+1/p-3. The number of sulfone groups is 1. The summed E-state index contributed by atoms with van der Waals surface area (Å²) >= 11 is 0. The SMILES string of the molecule is Nc1ccc2cc(S(=O)(=O)[O-])cc(O)c2c1N=Nc1cc(S(=O)(=O)[O-])ccc1S(=O)(=O)c1ccc([O-])c(C(=O)O)c1.[Na+].[Na+].[Na+]. The molecule has 21 heteroatoms. The van der Waals surface area contributed by atoms with Crippen molar-refractivity contribution in [3.05, 3.63) is 66.2 Å². The number of azo groups is 1. The number of rotatable bonds is 7. The van der Waals surface area contributed by atoms with Gasteiger partial charge in [0.25, 0.3) is 0 Å². The van der Waals surface area contributed by atoms with Gasteiger partial charge in [-0.3, -0.25) is 0 Å². The third kappa shape index (κ3) is 8.39. The van der Waals surface area contributed by atoms with Crippen molar-refractivity contribution < 1.29 is 143 Å². The number of carbonyl (C=O) groups is 1. The Morgan fingerprint density at radius 1 is 0.750 bits per heavy atom. The number of hydrogen-bond donors (Lipinski definition) is 3. The van der Waals surface area contributed by atoms with Crippen molar-refractivity contribution >= 4 is 63.9 Å². The zero-order chi connectivity index (χ0) is 30.5. The molecule has 214 valence electrons. The van der Waals surface area contributed by atoms with E-state index < -0.39 is 78.4 Å². The molecule has 0 fully saturated rings. The molecule has 4 rings (SSSR count). The largest absolute Gasteiger partial charge is 1.00 e. The average molecular weight is 690 g/mol. The minimum Gasteiger partial charge on any atom is -0.872 e. The van der Waals surface area contributed by atoms with Gasteiger partial charge in [-0.2, -0.15) is 0 Å². The van der Waals surface area contributed by atoms with E-state index in [2.05, 4.69) is 10.2 Å². The fraction of sp³-hybridized carbons (Fsp3) is 0. The van der Waals surface area contributed by atoms with Crippen LogP contribution in [0, 0.1) is 0 Å². The monoisotopic (exact) mass is 689 g/mol. The van der Waals surface area contributed by atoms with Crippen molar-refractivity contribution in [3.8, 4) is 11.5 Å². The number of aromatic hydroxyl groups is 1. The van der Waals surface area contributed by atoms with Crippen molar-refractivity contribution in [2.45, 2.75) is 19.6 Å². The number of phenolic OH excluding ortho intramolecular Hbond substituents is 1. The smallest absolute Gasteiger partial charge is 0.872 e. The molecular formula is C23H14N3Na3O12S3. The first-order chi connectivity index (χ1) is 18.9. The number of aromatic carboxylic acids is 1. The van der Waals surface area contributed by atoms with Crippen LogP contribution in [0.4, 0.5) is 17.1 Å². The van der Waals surface area contributed by atoms with Gasteiger partial charge in [-0.15, -0.1) is 10.2 Å². The Morgan fingerprint density at radius 2 is 1.34 bits per heavy atom. The van der Waals surface area contributed by atoms with Gasteiger partial charge >= 0.3 is 94.6 Å². The van der Waals surface area contributed by atoms with E-state index in [4.69, 9.17) is 5.73 Å². The summed E-state index contributed by atoms with van der Waals surface area (Å²) in [6.07, 6.45) is 0. The van der Waals surface area contributed by atoms with Crippen LogP contribution >= 0.6 is 0 Å². The zero-order valence-corrected chi connectivity index (χ0v) is 31.4. The number of carboxylic acids is 1. The van der Waals surface area contributed by atoms with E-state index in [1.165, 1.54) is 12.1 Å². The molecule has 4 N–H and O–H groups in total. The van der Waals surface area contributed by atoms with Crippen LogP contribution in [0.15, 0.2) is 90.5 Å². The summed E-state index contributed by atoms with van der Waals surface area (Å²) < 4.78 is 95.9. The third-order valence-electron chi connectivity index (χ3n) is 5.62. The van der Waals surface area contributed by atoms with Gasteiger partial charge in [0.1, 0.15) is 37.4 Å². The van der Waals surface area contributed by atoms with Crippen LogP contribution < -0.4 is 99.5 Å². The van der Waals surface area contributed by atoms with Crippen molar-refractivity contribution in [3.63, 3.8) is 0 Å². The average Bonchev–Trinajstić information content (AvgIpc) is 2.86. The number of nitrogens with two attached hydrogens (primary N) is 1. The van der Waals surface area contributed by atoms with Crippen LogP contribution in [0.3, 0.4) is 0 Å². The maximum atomic E-state index is 13.4. The number of fused-ring (bicyclic) bond motifs is 1. The van der Waals surface area contributed by atoms with E-state index in [0.29, 0.717) is 36.4 Å². The summed E-state index contributed by atoms with van der Waals surface area (Å²) in [6, 6.07) is 8.02. The van der Waals surface area contributed by atoms with E-state index in [1.54, 1.807) is 0 Å². The first kappa shape index (κ1) is 40.4. The summed E-state index contributed by atoms with van der Waals surface area (Å²) in [5, 5.41) is 38.8. The van der Waals surface area contributed by atoms with Crippen molar-refractivity contribution in [2.75, 3.05) is 5.73 Å². The van der Waals surface area contributed by atoms with Gasteiger partial charge in [0.2, 0.25) is 9.84 Å². The summed E-state index contributed by atoms with van der Waals surface area (Å²) in [5.74, 6) is -3.46. The second-order valence-electron chi connectivity index (χ2n) is 8.25. The minimum atomic E-state index is -5.14. The summed E-state index contributed by atoms with van der Waals surface area (Å²) in [6.45, 7) is 0. The van der Waals surface area contributed by atoms with Crippen LogP contribution in [-0.2, 0) is 30.1 Å². The molecular weight excluding hydrogens is 675 g/mol. The van der Waals surface area contributed by atoms with Crippen LogP contribution in [-0.4, -0.2) is 50.5 Å². The van der Waals surface area contributed by atoms with E-state index in [0.717, 1.165) is 12.1 Å². The fourth-order valence-corrected chi connectivity index (χ4v) is 6.11. The number of anilines is 1. The first-order valence-corrected chi connectivity index (χ1v) is 15.0. The molecule has 4 aromatic carbocycles. The number of nitrogen functional groups attached to an aromatic ring is 1. The molecule has 0 radical (unpaired) electrons. The number of benzene rings is 4. The van der Waals surface area contributed by atoms with Crippen LogP contribution in [0.5, 0.6) is 11.5 Å². The molecule has 0 aliphatic heterocycles. The van der Waals surface area contributed by atoms with Crippen molar-refractivity contribution in [2.24, 2.45) is 10.2 Å². The molecule has 0 atom stereocenters. The molecule has 0 amide bonds. The van der Waals surface area contributed by atoms with E-state index in [9.17, 15) is 54.5 Å². The predicted molar refractivity (Wildman–Crippen MR) is 135 cm³/mol. The van der Waals surface area contributed by atoms with Gasteiger partial charge in [-0.25, -0.2) is 30.0 Å². The molecule has 0 aliphatic carbocycles. The molecule has 0 aromatic heterocycles. The van der Waals surface area contributed by atoms with E-state index >= 15 is 0 Å². The number of nitrogens with zero attached hydrogens (tertiary/aromatic N) is 2. The Balaban J connectivity index is 0.00000323. The molecule has 0 saturated carbocycles. The van der Waals surface area contributed by atoms with E-state index in [1.807, 2.05) is 0 Å². The normalized spacial score (nSPS) is 11.8. The van der Waals surface area contributed by atoms with Gasteiger partial charge < -0.3 is 30.2 Å². The molecule has 0 saturated heterocycles. The van der Waals surface area contributed by atoms with E-state index in [-0.39, 0.29) is 111 Å². The molecule has 0 bridgehead atoms. The molecule has 0 unspecified atom stereocenters. The zero-order valence-electron chi connectivity index (χ0n) is 22.9. The molecule has 44 heavy (non-hydrogen) atoms. The Labute approximate surface area is 316 Å². The van der Waals surface area contributed by atoms with Gasteiger partial charge in [0.05, 0.1) is 36.2 Å². The third-order valence-corrected chi connectivity index (χ3v) is 9.06. The second kappa shape index (κ2) is 14.9. The Hall–Kier alpha value is -1.62. The second-order valence-corrected chi connectivity index (χ2v) is 12.9. The Bertz CT molecular complexity index is 2140. The molecule has 0 aliphatic rings. The fourth-order valence-electron chi connectivity index (χ4n) is 3.70. The van der Waals surface area contributed by atoms with Crippen molar-refractivity contribution in [1.82, 2.24) is 0 Å². The number of carboxylic acid groups (broad SMARTS) is 1. The maximum Gasteiger partial charge on any atom is 1.00 e. The van der Waals surface area contributed by atoms with Gasteiger partial charge in [-0.05, 0) is 53.9 Å². The Kier molecular flexibility index (Phi) is 13.6. The number of hydrogen-bond acceptors (Lipinski definition) is 14. The Morgan fingerprint density at radius 3 is 1.91 bits per heavy atom. The topological polar surface area (TPSA) is 280 Å². The van der Waals surface area contributed by atoms with Crippen LogP contribution in [0.25, 0.3) is 10.8 Å². The van der Waals surface area contributed by atoms with Gasteiger partial charge in [-0.1, -0.05) is 17.9 Å². The van der Waals surface area contributed by atoms with Crippen molar-refractivity contribution in [1.29, 1.82) is 0 Å². The summed E-state index contributed by atoms with van der Waals surface area (Å²) in [7, 11) is -14.8. The molecule has 15 nitrogen and oxygen atoms in total. The molecule has 0 spiro atoms. The van der Waals surface area contributed by atoms with Crippen LogP contribution in [0.1, 0.15) is 10.4 Å². The van der Waals surface area contributed by atoms with Gasteiger partial charge in [0.15, 0.2) is 0 Å².